The Morgan fingerprint density at radius 2 is 2.03 bits per heavy atom. The molecule has 3 aromatic rings. The Balaban J connectivity index is 1.73. The summed E-state index contributed by atoms with van der Waals surface area (Å²) in [5, 5.41) is 23.8. The maximum Gasteiger partial charge on any atom is 0.246 e. The molecule has 0 unspecified atom stereocenters. The van der Waals surface area contributed by atoms with Gasteiger partial charge in [0.15, 0.2) is 5.65 Å². The zero-order chi connectivity index (χ0) is 20.4. The van der Waals surface area contributed by atoms with Gasteiger partial charge in [-0.25, -0.2) is 9.67 Å². The van der Waals surface area contributed by atoms with Crippen molar-refractivity contribution < 1.29 is 14.7 Å². The van der Waals surface area contributed by atoms with Gasteiger partial charge in [-0.15, -0.1) is 0 Å². The molecule has 0 aliphatic carbocycles. The SMILES string of the molecule is N#Cc1ccnc2c1c(C1CN(C(=O)/C=C/CO)C1)nn2-c1ccc(C=O)cc1. The second-order valence-corrected chi connectivity index (χ2v) is 6.70. The number of aldehydes is 1. The predicted molar refractivity (Wildman–Crippen MR) is 105 cm³/mol. The number of aliphatic hydroxyl groups is 1. The third kappa shape index (κ3) is 3.28. The lowest BCUT2D eigenvalue weighted by Gasteiger charge is -2.37. The third-order valence-corrected chi connectivity index (χ3v) is 4.94. The van der Waals surface area contributed by atoms with E-state index in [9.17, 15) is 14.9 Å². The molecule has 0 atom stereocenters. The molecule has 0 spiro atoms. The van der Waals surface area contributed by atoms with E-state index in [0.717, 1.165) is 17.7 Å². The maximum absolute atomic E-state index is 12.0. The Labute approximate surface area is 166 Å². The monoisotopic (exact) mass is 387 g/mol. The average molecular weight is 387 g/mol. The molecule has 8 heteroatoms. The lowest BCUT2D eigenvalue weighted by atomic mass is 9.93. The van der Waals surface area contributed by atoms with E-state index in [0.29, 0.717) is 35.2 Å². The number of likely N-dealkylation sites (tertiary alicyclic amines) is 1. The first-order valence-electron chi connectivity index (χ1n) is 9.06. The van der Waals surface area contributed by atoms with E-state index in [1.807, 2.05) is 0 Å². The summed E-state index contributed by atoms with van der Waals surface area (Å²) in [5.74, 6) is -0.183. The van der Waals surface area contributed by atoms with Crippen LogP contribution in [0.5, 0.6) is 0 Å². The van der Waals surface area contributed by atoms with Gasteiger partial charge in [0.05, 0.1) is 28.9 Å². The van der Waals surface area contributed by atoms with Gasteiger partial charge in [-0.3, -0.25) is 9.59 Å². The fourth-order valence-electron chi connectivity index (χ4n) is 3.41. The van der Waals surface area contributed by atoms with Crippen molar-refractivity contribution in [2.24, 2.45) is 0 Å². The lowest BCUT2D eigenvalue weighted by molar-refractivity contribution is -0.130. The van der Waals surface area contributed by atoms with Crippen molar-refractivity contribution in [3.05, 3.63) is 65.5 Å². The number of carbonyl (C=O) groups excluding carboxylic acids is 2. The standard InChI is InChI=1S/C21H17N5O3/c22-10-15-7-8-23-21-19(15)20(16-11-25(12-16)18(29)2-1-9-27)24-26(21)17-5-3-14(13-28)4-6-17/h1-8,13,16,27H,9,11-12H2/b2-1+. The molecule has 0 saturated carbocycles. The number of nitrogens with zero attached hydrogens (tertiary/aromatic N) is 5. The van der Waals surface area contributed by atoms with Gasteiger partial charge in [-0.1, -0.05) is 6.08 Å². The summed E-state index contributed by atoms with van der Waals surface area (Å²) in [6.45, 7) is 0.771. The Kier molecular flexibility index (Phi) is 4.89. The number of amides is 1. The van der Waals surface area contributed by atoms with Crippen molar-refractivity contribution in [2.75, 3.05) is 19.7 Å². The van der Waals surface area contributed by atoms with Crippen LogP contribution in [0.15, 0.2) is 48.7 Å². The fraction of sp³-hybridized carbons (Fsp3) is 0.190. The van der Waals surface area contributed by atoms with E-state index < -0.39 is 0 Å². The van der Waals surface area contributed by atoms with E-state index in [2.05, 4.69) is 11.1 Å². The Hall–Kier alpha value is -3.83. The van der Waals surface area contributed by atoms with Crippen LogP contribution in [-0.4, -0.2) is 56.7 Å². The molecule has 3 heterocycles. The largest absolute Gasteiger partial charge is 0.392 e. The fourth-order valence-corrected chi connectivity index (χ4v) is 3.41. The van der Waals surface area contributed by atoms with E-state index in [1.54, 1.807) is 46.1 Å². The van der Waals surface area contributed by atoms with Crippen molar-refractivity contribution in [1.29, 1.82) is 5.26 Å². The van der Waals surface area contributed by atoms with Crippen LogP contribution in [0.4, 0.5) is 0 Å². The smallest absolute Gasteiger partial charge is 0.246 e. The molecule has 4 rings (SSSR count). The third-order valence-electron chi connectivity index (χ3n) is 4.94. The van der Waals surface area contributed by atoms with Gasteiger partial charge in [-0.05, 0) is 30.3 Å². The van der Waals surface area contributed by atoms with E-state index in [-0.39, 0.29) is 18.4 Å². The van der Waals surface area contributed by atoms with Gasteiger partial charge < -0.3 is 10.0 Å². The van der Waals surface area contributed by atoms with Crippen LogP contribution in [-0.2, 0) is 4.79 Å². The number of fused-ring (bicyclic) bond motifs is 1. The van der Waals surface area contributed by atoms with E-state index >= 15 is 0 Å². The first-order chi connectivity index (χ1) is 14.2. The molecule has 1 aliphatic rings. The van der Waals surface area contributed by atoms with Crippen LogP contribution in [0.25, 0.3) is 16.7 Å². The highest BCUT2D eigenvalue weighted by Gasteiger charge is 2.35. The van der Waals surface area contributed by atoms with Crippen molar-refractivity contribution >= 4 is 23.2 Å². The molecule has 1 N–H and O–H groups in total. The van der Waals surface area contributed by atoms with Crippen molar-refractivity contribution in [3.63, 3.8) is 0 Å². The Morgan fingerprint density at radius 3 is 2.69 bits per heavy atom. The first kappa shape index (κ1) is 18.5. The highest BCUT2D eigenvalue weighted by molar-refractivity contribution is 5.90. The van der Waals surface area contributed by atoms with Gasteiger partial charge in [-0.2, -0.15) is 10.4 Å². The average Bonchev–Trinajstić information content (AvgIpc) is 3.10. The molecule has 1 fully saturated rings. The second-order valence-electron chi connectivity index (χ2n) is 6.70. The van der Waals surface area contributed by atoms with Crippen LogP contribution in [0.2, 0.25) is 0 Å². The molecule has 144 valence electrons. The Morgan fingerprint density at radius 1 is 1.28 bits per heavy atom. The number of benzene rings is 1. The molecule has 1 aromatic carbocycles. The minimum atomic E-state index is -0.182. The van der Waals surface area contributed by atoms with Gasteiger partial charge in [0.2, 0.25) is 5.91 Å². The number of nitriles is 1. The molecule has 29 heavy (non-hydrogen) atoms. The maximum atomic E-state index is 12.0. The normalized spacial score (nSPS) is 14.1. The highest BCUT2D eigenvalue weighted by atomic mass is 16.2. The molecular formula is C21H17N5O3. The van der Waals surface area contributed by atoms with Crippen molar-refractivity contribution in [2.45, 2.75) is 5.92 Å². The van der Waals surface area contributed by atoms with Crippen LogP contribution >= 0.6 is 0 Å². The van der Waals surface area contributed by atoms with Crippen molar-refractivity contribution in [1.82, 2.24) is 19.7 Å². The molecule has 1 aliphatic heterocycles. The lowest BCUT2D eigenvalue weighted by Crippen LogP contribution is -2.48. The first-order valence-corrected chi connectivity index (χ1v) is 9.06. The van der Waals surface area contributed by atoms with Crippen LogP contribution in [0, 0.1) is 11.3 Å². The molecule has 0 radical (unpaired) electrons. The number of aromatic nitrogens is 3. The zero-order valence-electron chi connectivity index (χ0n) is 15.4. The minimum absolute atomic E-state index is 0.0178. The number of hydrogen-bond donors (Lipinski definition) is 1. The summed E-state index contributed by atoms with van der Waals surface area (Å²) >= 11 is 0. The van der Waals surface area contributed by atoms with E-state index in [4.69, 9.17) is 10.2 Å². The van der Waals surface area contributed by atoms with E-state index in [1.165, 1.54) is 12.2 Å². The summed E-state index contributed by atoms with van der Waals surface area (Å²) in [5.41, 5.74) is 3.04. The molecule has 1 saturated heterocycles. The summed E-state index contributed by atoms with van der Waals surface area (Å²) in [4.78, 5) is 29.0. The van der Waals surface area contributed by atoms with Crippen LogP contribution < -0.4 is 0 Å². The summed E-state index contributed by atoms with van der Waals surface area (Å²) in [6, 6.07) is 10.8. The zero-order valence-corrected chi connectivity index (χ0v) is 15.4. The number of rotatable bonds is 5. The summed E-state index contributed by atoms with van der Waals surface area (Å²) < 4.78 is 1.66. The molecule has 0 bridgehead atoms. The second kappa shape index (κ2) is 7.66. The molecular weight excluding hydrogens is 370 g/mol. The topological polar surface area (TPSA) is 112 Å². The van der Waals surface area contributed by atoms with Crippen molar-refractivity contribution in [3.8, 4) is 11.8 Å². The Bertz CT molecular complexity index is 1150. The minimum Gasteiger partial charge on any atom is -0.392 e. The highest BCUT2D eigenvalue weighted by Crippen LogP contribution is 2.34. The van der Waals surface area contributed by atoms with Gasteiger partial charge in [0.25, 0.3) is 0 Å². The number of pyridine rings is 1. The van der Waals surface area contributed by atoms with Crippen LogP contribution in [0.1, 0.15) is 27.5 Å². The summed E-state index contributed by atoms with van der Waals surface area (Å²) in [7, 11) is 0. The number of aliphatic hydroxyl groups excluding tert-OH is 1. The van der Waals surface area contributed by atoms with Gasteiger partial charge in [0.1, 0.15) is 12.4 Å². The molecule has 2 aromatic heterocycles. The van der Waals surface area contributed by atoms with Crippen LogP contribution in [0.3, 0.4) is 0 Å². The van der Waals surface area contributed by atoms with Gasteiger partial charge >= 0.3 is 0 Å². The molecule has 1 amide bonds. The van der Waals surface area contributed by atoms with Gasteiger partial charge in [0, 0.05) is 36.8 Å². The predicted octanol–water partition coefficient (Wildman–Crippen LogP) is 1.58. The quantitative estimate of drug-likeness (QED) is 0.525. The molecule has 8 nitrogen and oxygen atoms in total. The number of hydrogen-bond acceptors (Lipinski definition) is 6. The summed E-state index contributed by atoms with van der Waals surface area (Å²) in [6.07, 6.45) is 5.09. The number of carbonyl (C=O) groups is 2.